The molecule has 5 rings (SSSR count). The second kappa shape index (κ2) is 5.08. The molecule has 3 aromatic rings. The minimum atomic E-state index is 0.170. The lowest BCUT2D eigenvalue weighted by Gasteiger charge is -2.25. The molecule has 0 radical (unpaired) electrons. The van der Waals surface area contributed by atoms with Crippen LogP contribution < -0.4 is 5.32 Å². The molecule has 0 spiro atoms. The molecule has 2 aromatic heterocycles. The van der Waals surface area contributed by atoms with E-state index in [0.717, 1.165) is 34.0 Å². The molecule has 1 fully saturated rings. The number of aromatic nitrogens is 3. The highest BCUT2D eigenvalue weighted by Crippen LogP contribution is 2.43. The van der Waals surface area contributed by atoms with Gasteiger partial charge >= 0.3 is 0 Å². The molecule has 1 saturated carbocycles. The third-order valence-corrected chi connectivity index (χ3v) is 5.11. The van der Waals surface area contributed by atoms with Crippen LogP contribution in [0.1, 0.15) is 43.0 Å². The highest BCUT2D eigenvalue weighted by molar-refractivity contribution is 6.32. The average Bonchev–Trinajstić information content (AvgIpc) is 3.35. The monoisotopic (exact) mass is 336 g/mol. The van der Waals surface area contributed by atoms with Crippen molar-refractivity contribution in [2.75, 3.05) is 5.32 Å². The van der Waals surface area contributed by atoms with E-state index in [9.17, 15) is 0 Å². The van der Waals surface area contributed by atoms with Crippen molar-refractivity contribution in [3.8, 4) is 16.9 Å². The maximum Gasteiger partial charge on any atom is 0.162 e. The highest BCUT2D eigenvalue weighted by atomic mass is 35.5. The Balaban J connectivity index is 1.68. The number of anilines is 1. The zero-order chi connectivity index (χ0) is 16.3. The van der Waals surface area contributed by atoms with Gasteiger partial charge in [-0.15, -0.1) is 0 Å². The molecule has 1 aliphatic heterocycles. The quantitative estimate of drug-likeness (QED) is 0.673. The predicted molar refractivity (Wildman–Crippen MR) is 95.8 cm³/mol. The molecular weight excluding hydrogens is 320 g/mol. The smallest absolute Gasteiger partial charge is 0.162 e. The lowest BCUT2D eigenvalue weighted by Crippen LogP contribution is -2.21. The van der Waals surface area contributed by atoms with Gasteiger partial charge in [0.15, 0.2) is 5.82 Å². The van der Waals surface area contributed by atoms with Gasteiger partial charge in [0, 0.05) is 23.1 Å². The van der Waals surface area contributed by atoms with Crippen molar-refractivity contribution in [3.05, 3.63) is 58.9 Å². The van der Waals surface area contributed by atoms with Gasteiger partial charge in [-0.1, -0.05) is 41.9 Å². The van der Waals surface area contributed by atoms with E-state index in [4.69, 9.17) is 21.7 Å². The molecular formula is C19H17ClN4. The van der Waals surface area contributed by atoms with E-state index in [0.29, 0.717) is 11.1 Å². The van der Waals surface area contributed by atoms with Gasteiger partial charge in [0.25, 0.3) is 0 Å². The van der Waals surface area contributed by atoms with E-state index in [1.165, 1.54) is 12.8 Å². The lowest BCUT2D eigenvalue weighted by atomic mass is 10.0. The van der Waals surface area contributed by atoms with Crippen molar-refractivity contribution in [2.45, 2.75) is 31.7 Å². The zero-order valence-electron chi connectivity index (χ0n) is 13.3. The topological polar surface area (TPSA) is 42.7 Å². The Morgan fingerprint density at radius 2 is 1.96 bits per heavy atom. The van der Waals surface area contributed by atoms with Crippen molar-refractivity contribution >= 4 is 17.4 Å². The predicted octanol–water partition coefficient (Wildman–Crippen LogP) is 4.95. The molecule has 120 valence electrons. The number of halogens is 1. The molecule has 1 unspecified atom stereocenters. The van der Waals surface area contributed by atoms with Gasteiger partial charge in [-0.2, -0.15) is 9.78 Å². The molecule has 24 heavy (non-hydrogen) atoms. The van der Waals surface area contributed by atoms with Gasteiger partial charge in [0.2, 0.25) is 0 Å². The van der Waals surface area contributed by atoms with Crippen LogP contribution in [0.4, 0.5) is 5.82 Å². The van der Waals surface area contributed by atoms with Crippen LogP contribution in [-0.4, -0.2) is 14.8 Å². The van der Waals surface area contributed by atoms with Crippen LogP contribution in [-0.2, 0) is 0 Å². The first-order valence-electron chi connectivity index (χ1n) is 8.33. The Hall–Kier alpha value is -2.33. The molecule has 5 heteroatoms. The minimum Gasteiger partial charge on any atom is -0.363 e. The third-order valence-electron chi connectivity index (χ3n) is 4.82. The molecule has 0 amide bonds. The maximum atomic E-state index is 6.52. The zero-order valence-corrected chi connectivity index (χ0v) is 14.1. The van der Waals surface area contributed by atoms with E-state index in [-0.39, 0.29) is 6.04 Å². The summed E-state index contributed by atoms with van der Waals surface area (Å²) in [6.45, 7) is 2.15. The van der Waals surface area contributed by atoms with Crippen molar-refractivity contribution in [1.82, 2.24) is 14.8 Å². The second-order valence-corrected chi connectivity index (χ2v) is 6.97. The molecule has 2 aliphatic rings. The van der Waals surface area contributed by atoms with E-state index in [1.54, 1.807) is 0 Å². The molecule has 1 N–H and O–H groups in total. The molecule has 3 heterocycles. The summed E-state index contributed by atoms with van der Waals surface area (Å²) in [7, 11) is 0. The number of hydrogen-bond donors (Lipinski definition) is 1. The van der Waals surface area contributed by atoms with Crippen molar-refractivity contribution in [2.24, 2.45) is 0 Å². The molecule has 4 nitrogen and oxygen atoms in total. The van der Waals surface area contributed by atoms with E-state index in [1.807, 2.05) is 22.9 Å². The van der Waals surface area contributed by atoms with E-state index < -0.39 is 0 Å². The minimum absolute atomic E-state index is 0.170. The van der Waals surface area contributed by atoms with Crippen LogP contribution >= 0.6 is 11.6 Å². The Bertz CT molecular complexity index is 928. The van der Waals surface area contributed by atoms with Crippen LogP contribution in [0.3, 0.4) is 0 Å². The van der Waals surface area contributed by atoms with Crippen LogP contribution in [0.15, 0.2) is 42.5 Å². The van der Waals surface area contributed by atoms with Gasteiger partial charge in [-0.05, 0) is 31.4 Å². The Morgan fingerprint density at radius 3 is 2.71 bits per heavy atom. The van der Waals surface area contributed by atoms with Gasteiger partial charge < -0.3 is 5.32 Å². The highest BCUT2D eigenvalue weighted by Gasteiger charge is 2.31. The number of hydrogen-bond acceptors (Lipinski definition) is 3. The first kappa shape index (κ1) is 14.1. The van der Waals surface area contributed by atoms with Crippen molar-refractivity contribution in [3.63, 3.8) is 0 Å². The van der Waals surface area contributed by atoms with Crippen LogP contribution in [0.2, 0.25) is 5.15 Å². The summed E-state index contributed by atoms with van der Waals surface area (Å²) in [4.78, 5) is 4.70. The number of benzene rings is 1. The van der Waals surface area contributed by atoms with Gasteiger partial charge in [-0.25, -0.2) is 4.98 Å². The van der Waals surface area contributed by atoms with Crippen LogP contribution in [0.5, 0.6) is 0 Å². The molecule has 1 aliphatic carbocycles. The van der Waals surface area contributed by atoms with Gasteiger partial charge in [0.05, 0.1) is 11.7 Å². The summed E-state index contributed by atoms with van der Waals surface area (Å²) in [5.41, 5.74) is 4.32. The average molecular weight is 337 g/mol. The number of nitrogens with zero attached hydrogens (tertiary/aromatic N) is 3. The van der Waals surface area contributed by atoms with Crippen molar-refractivity contribution in [1.29, 1.82) is 0 Å². The first-order valence-corrected chi connectivity index (χ1v) is 8.71. The summed E-state index contributed by atoms with van der Waals surface area (Å²) in [5.74, 6) is 2.46. The van der Waals surface area contributed by atoms with Gasteiger partial charge in [0.1, 0.15) is 11.0 Å². The fourth-order valence-electron chi connectivity index (χ4n) is 3.35. The normalized spacial score (nSPS) is 18.7. The lowest BCUT2D eigenvalue weighted by molar-refractivity contribution is 0.731. The largest absolute Gasteiger partial charge is 0.363 e. The fraction of sp³-hybridized carbons (Fsp3) is 0.263. The molecule has 0 saturated heterocycles. The standard InChI is InChI=1S/C19H17ClN4/c1-11-14-9-15(12-5-3-2-4-6-12)18(20)22-19(14)24-17(21-11)10-16(23-24)13-7-8-13/h2-6,9-11,13,21H,7-8H2,1H3. The molecule has 1 atom stereocenters. The fourth-order valence-corrected chi connectivity index (χ4v) is 3.59. The third kappa shape index (κ3) is 2.13. The summed E-state index contributed by atoms with van der Waals surface area (Å²) in [5, 5.41) is 8.82. The summed E-state index contributed by atoms with van der Waals surface area (Å²) in [6.07, 6.45) is 2.47. The molecule has 0 bridgehead atoms. The Morgan fingerprint density at radius 1 is 1.17 bits per heavy atom. The SMILES string of the molecule is CC1Nc2cc(C3CC3)nn2-c2nc(Cl)c(-c3ccccc3)cc21. The van der Waals surface area contributed by atoms with E-state index in [2.05, 4.69) is 36.5 Å². The number of fused-ring (bicyclic) bond motifs is 3. The Labute approximate surface area is 145 Å². The number of nitrogens with one attached hydrogen (secondary N) is 1. The van der Waals surface area contributed by atoms with Crippen LogP contribution in [0, 0.1) is 0 Å². The number of pyridine rings is 1. The first-order chi connectivity index (χ1) is 11.7. The Kier molecular flexibility index (Phi) is 2.98. The van der Waals surface area contributed by atoms with Crippen LogP contribution in [0.25, 0.3) is 16.9 Å². The van der Waals surface area contributed by atoms with E-state index >= 15 is 0 Å². The number of rotatable bonds is 2. The maximum absolute atomic E-state index is 6.52. The molecule has 1 aromatic carbocycles. The second-order valence-electron chi connectivity index (χ2n) is 6.61. The van der Waals surface area contributed by atoms with Gasteiger partial charge in [-0.3, -0.25) is 0 Å². The summed E-state index contributed by atoms with van der Waals surface area (Å²) in [6, 6.07) is 14.6. The summed E-state index contributed by atoms with van der Waals surface area (Å²) < 4.78 is 1.91. The summed E-state index contributed by atoms with van der Waals surface area (Å²) >= 11 is 6.52. The van der Waals surface area contributed by atoms with Crippen molar-refractivity contribution < 1.29 is 0 Å².